The molecule has 0 fully saturated rings. The molecule has 21 heavy (non-hydrogen) atoms. The van der Waals surface area contributed by atoms with E-state index in [4.69, 9.17) is 15.2 Å². The van der Waals surface area contributed by atoms with Crippen LogP contribution in [0.15, 0.2) is 18.2 Å². The molecule has 1 heterocycles. The van der Waals surface area contributed by atoms with Gasteiger partial charge in [0.15, 0.2) is 11.5 Å². The van der Waals surface area contributed by atoms with E-state index in [9.17, 15) is 8.42 Å². The van der Waals surface area contributed by atoms with Crippen molar-refractivity contribution in [1.82, 2.24) is 4.72 Å². The summed E-state index contributed by atoms with van der Waals surface area (Å²) < 4.78 is 37.5. The zero-order valence-corrected chi connectivity index (χ0v) is 13.0. The van der Waals surface area contributed by atoms with Gasteiger partial charge >= 0.3 is 0 Å². The topological polar surface area (TPSA) is 90.7 Å². The average Bonchev–Trinajstić information content (AvgIpc) is 2.48. The maximum Gasteiger partial charge on any atom is 0.215 e. The van der Waals surface area contributed by atoms with E-state index in [0.717, 1.165) is 17.1 Å². The number of fused-ring (bicyclic) bond motifs is 1. The fourth-order valence-electron chi connectivity index (χ4n) is 2.21. The molecule has 1 atom stereocenters. The number of hydrogen-bond acceptors (Lipinski definition) is 5. The molecule has 1 aromatic carbocycles. The highest BCUT2D eigenvalue weighted by Gasteiger charge is 2.21. The highest BCUT2D eigenvalue weighted by Crippen LogP contribution is 2.30. The molecule has 1 aliphatic rings. The SMILES string of the molecule is CCC(CN)S(=O)(=O)NCCc1ccc2c(c1)OCCO2. The second-order valence-electron chi connectivity index (χ2n) is 4.93. The van der Waals surface area contributed by atoms with Crippen molar-refractivity contribution in [3.8, 4) is 11.5 Å². The number of nitrogens with two attached hydrogens (primary N) is 1. The van der Waals surface area contributed by atoms with Crippen molar-refractivity contribution < 1.29 is 17.9 Å². The van der Waals surface area contributed by atoms with E-state index in [1.54, 1.807) is 0 Å². The Morgan fingerprint density at radius 2 is 2.00 bits per heavy atom. The fraction of sp³-hybridized carbons (Fsp3) is 0.571. The lowest BCUT2D eigenvalue weighted by Gasteiger charge is -2.19. The minimum absolute atomic E-state index is 0.135. The zero-order valence-electron chi connectivity index (χ0n) is 12.2. The van der Waals surface area contributed by atoms with Gasteiger partial charge in [0.05, 0.1) is 5.25 Å². The Bertz CT molecular complexity index is 570. The molecule has 1 aromatic rings. The molecule has 0 aromatic heterocycles. The number of nitrogens with one attached hydrogen (secondary N) is 1. The molecule has 7 heteroatoms. The zero-order chi connectivity index (χ0) is 15.3. The fourth-order valence-corrected chi connectivity index (χ4v) is 3.53. The third kappa shape index (κ3) is 4.09. The number of benzene rings is 1. The summed E-state index contributed by atoms with van der Waals surface area (Å²) in [6.45, 7) is 3.40. The Morgan fingerprint density at radius 3 is 2.67 bits per heavy atom. The Hall–Kier alpha value is -1.31. The van der Waals surface area contributed by atoms with Gasteiger partial charge in [-0.1, -0.05) is 13.0 Å². The maximum absolute atomic E-state index is 12.0. The van der Waals surface area contributed by atoms with Gasteiger partial charge in [-0.15, -0.1) is 0 Å². The first-order valence-corrected chi connectivity index (χ1v) is 8.68. The Balaban J connectivity index is 1.92. The van der Waals surface area contributed by atoms with Gasteiger partial charge in [-0.3, -0.25) is 0 Å². The first-order valence-electron chi connectivity index (χ1n) is 7.14. The van der Waals surface area contributed by atoms with Gasteiger partial charge < -0.3 is 15.2 Å². The van der Waals surface area contributed by atoms with Gasteiger partial charge in [0.1, 0.15) is 13.2 Å². The standard InChI is InChI=1S/C14H22N2O4S/c1-2-12(10-15)21(17,18)16-6-5-11-3-4-13-14(9-11)20-8-7-19-13/h3-4,9,12,16H,2,5-8,10,15H2,1H3. The molecule has 2 rings (SSSR count). The molecule has 6 nitrogen and oxygen atoms in total. The number of rotatable bonds is 7. The van der Waals surface area contributed by atoms with Crippen LogP contribution >= 0.6 is 0 Å². The summed E-state index contributed by atoms with van der Waals surface area (Å²) in [7, 11) is -3.34. The molecular weight excluding hydrogens is 292 g/mol. The molecule has 0 radical (unpaired) electrons. The van der Waals surface area contributed by atoms with Crippen molar-refractivity contribution in [2.45, 2.75) is 25.0 Å². The normalized spacial score (nSPS) is 15.7. The van der Waals surface area contributed by atoms with Crippen LogP contribution in [0.3, 0.4) is 0 Å². The second kappa shape index (κ2) is 7.11. The summed E-state index contributed by atoms with van der Waals surface area (Å²) in [4.78, 5) is 0. The highest BCUT2D eigenvalue weighted by molar-refractivity contribution is 7.90. The lowest BCUT2D eigenvalue weighted by atomic mass is 10.1. The van der Waals surface area contributed by atoms with Crippen LogP contribution in [0.2, 0.25) is 0 Å². The minimum atomic E-state index is -3.34. The molecule has 0 saturated heterocycles. The highest BCUT2D eigenvalue weighted by atomic mass is 32.2. The molecule has 0 spiro atoms. The molecule has 3 N–H and O–H groups in total. The lowest BCUT2D eigenvalue weighted by Crippen LogP contribution is -2.39. The third-order valence-corrected chi connectivity index (χ3v) is 5.49. The molecule has 0 amide bonds. The van der Waals surface area contributed by atoms with Crippen LogP contribution in [-0.2, 0) is 16.4 Å². The van der Waals surface area contributed by atoms with E-state index in [-0.39, 0.29) is 6.54 Å². The van der Waals surface area contributed by atoms with Gasteiger partial charge in [-0.05, 0) is 30.5 Å². The Morgan fingerprint density at radius 1 is 1.29 bits per heavy atom. The minimum Gasteiger partial charge on any atom is -0.486 e. The van der Waals surface area contributed by atoms with Crippen molar-refractivity contribution in [1.29, 1.82) is 0 Å². The van der Waals surface area contributed by atoms with E-state index >= 15 is 0 Å². The Kier molecular flexibility index (Phi) is 5.44. The summed E-state index contributed by atoms with van der Waals surface area (Å²) >= 11 is 0. The predicted octanol–water partition coefficient (Wildman–Crippen LogP) is 0.657. The Labute approximate surface area is 125 Å². The van der Waals surface area contributed by atoms with E-state index in [2.05, 4.69) is 4.72 Å². The summed E-state index contributed by atoms with van der Waals surface area (Å²) in [5.74, 6) is 1.45. The number of hydrogen-bond donors (Lipinski definition) is 2. The van der Waals surface area contributed by atoms with E-state index in [0.29, 0.717) is 32.6 Å². The molecule has 0 aliphatic carbocycles. The number of ether oxygens (including phenoxy) is 2. The van der Waals surface area contributed by atoms with Gasteiger partial charge in [0.2, 0.25) is 10.0 Å². The van der Waals surface area contributed by atoms with Crippen LogP contribution in [0.5, 0.6) is 11.5 Å². The van der Waals surface area contributed by atoms with Crippen molar-refractivity contribution >= 4 is 10.0 Å². The summed E-state index contributed by atoms with van der Waals surface area (Å²) in [5.41, 5.74) is 6.48. The molecular formula is C14H22N2O4S. The first kappa shape index (κ1) is 16.1. The molecule has 1 aliphatic heterocycles. The van der Waals surface area contributed by atoms with Crippen LogP contribution in [0, 0.1) is 0 Å². The lowest BCUT2D eigenvalue weighted by molar-refractivity contribution is 0.171. The smallest absolute Gasteiger partial charge is 0.215 e. The van der Waals surface area contributed by atoms with Crippen molar-refractivity contribution in [2.75, 3.05) is 26.3 Å². The summed E-state index contributed by atoms with van der Waals surface area (Å²) in [6, 6.07) is 5.66. The summed E-state index contributed by atoms with van der Waals surface area (Å²) in [6.07, 6.45) is 1.10. The van der Waals surface area contributed by atoms with Crippen LogP contribution in [-0.4, -0.2) is 40.0 Å². The molecule has 1 unspecified atom stereocenters. The third-order valence-electron chi connectivity index (χ3n) is 3.48. The van der Waals surface area contributed by atoms with Crippen molar-refractivity contribution in [3.63, 3.8) is 0 Å². The molecule has 0 saturated carbocycles. The quantitative estimate of drug-likeness (QED) is 0.771. The van der Waals surface area contributed by atoms with E-state index in [1.165, 1.54) is 0 Å². The van der Waals surface area contributed by atoms with E-state index in [1.807, 2.05) is 25.1 Å². The van der Waals surface area contributed by atoms with Gasteiger partial charge in [-0.2, -0.15) is 0 Å². The van der Waals surface area contributed by atoms with Crippen molar-refractivity contribution in [2.24, 2.45) is 5.73 Å². The number of sulfonamides is 1. The maximum atomic E-state index is 12.0. The molecule has 118 valence electrons. The van der Waals surface area contributed by atoms with Crippen LogP contribution in [0.1, 0.15) is 18.9 Å². The summed E-state index contributed by atoms with van der Waals surface area (Å²) in [5, 5.41) is -0.530. The molecule has 0 bridgehead atoms. The largest absolute Gasteiger partial charge is 0.486 e. The van der Waals surface area contributed by atoms with Gasteiger partial charge in [0, 0.05) is 13.1 Å². The van der Waals surface area contributed by atoms with Gasteiger partial charge in [0.25, 0.3) is 0 Å². The predicted molar refractivity (Wildman–Crippen MR) is 81.2 cm³/mol. The monoisotopic (exact) mass is 314 g/mol. The van der Waals surface area contributed by atoms with Crippen molar-refractivity contribution in [3.05, 3.63) is 23.8 Å². The van der Waals surface area contributed by atoms with Crippen LogP contribution < -0.4 is 19.9 Å². The van der Waals surface area contributed by atoms with E-state index < -0.39 is 15.3 Å². The average molecular weight is 314 g/mol. The van der Waals surface area contributed by atoms with Crippen LogP contribution in [0.25, 0.3) is 0 Å². The first-order chi connectivity index (χ1) is 10.1. The second-order valence-corrected chi connectivity index (χ2v) is 6.98. The van der Waals surface area contributed by atoms with Gasteiger partial charge in [-0.25, -0.2) is 13.1 Å². The van der Waals surface area contributed by atoms with Crippen LogP contribution in [0.4, 0.5) is 0 Å².